The zero-order valence-corrected chi connectivity index (χ0v) is 19.9. The van der Waals surface area contributed by atoms with Crippen molar-refractivity contribution in [2.75, 3.05) is 25.0 Å². The van der Waals surface area contributed by atoms with Gasteiger partial charge in [0, 0.05) is 31.4 Å². The normalized spacial score (nSPS) is 26.9. The van der Waals surface area contributed by atoms with Crippen LogP contribution in [-0.2, 0) is 9.53 Å². The molecule has 0 aromatic heterocycles. The molecule has 3 fully saturated rings. The second-order valence-electron chi connectivity index (χ2n) is 10.3. The minimum Gasteiger partial charge on any atom is -0.444 e. The van der Waals surface area contributed by atoms with Gasteiger partial charge in [-0.05, 0) is 64.3 Å². The molecule has 184 valence electrons. The molecule has 0 saturated carbocycles. The summed E-state index contributed by atoms with van der Waals surface area (Å²) in [6.07, 6.45) is 1.43. The summed E-state index contributed by atoms with van der Waals surface area (Å²) >= 11 is 0. The molecular formula is C24H33FN6O3. The van der Waals surface area contributed by atoms with Crippen LogP contribution in [0.4, 0.5) is 14.9 Å². The number of anilines is 1. The Bertz CT molecular complexity index is 949. The molecule has 9 nitrogen and oxygen atoms in total. The van der Waals surface area contributed by atoms with Crippen molar-refractivity contribution in [3.05, 3.63) is 30.1 Å². The van der Waals surface area contributed by atoms with Crippen molar-refractivity contribution in [3.8, 4) is 6.07 Å². The predicted octanol–water partition coefficient (Wildman–Crippen LogP) is 2.57. The van der Waals surface area contributed by atoms with Crippen LogP contribution in [0.2, 0.25) is 0 Å². The van der Waals surface area contributed by atoms with E-state index in [1.807, 2.05) is 20.8 Å². The Balaban J connectivity index is 1.54. The van der Waals surface area contributed by atoms with Crippen LogP contribution in [0.1, 0.15) is 46.5 Å². The molecule has 3 heterocycles. The fourth-order valence-corrected chi connectivity index (χ4v) is 5.22. The number of carbonyl (C=O) groups is 2. The number of nitrogens with zero attached hydrogens (tertiary/aromatic N) is 3. The average Bonchev–Trinajstić information content (AvgIpc) is 3.15. The summed E-state index contributed by atoms with van der Waals surface area (Å²) < 4.78 is 18.9. The number of halogens is 1. The van der Waals surface area contributed by atoms with E-state index in [0.717, 1.165) is 6.42 Å². The van der Waals surface area contributed by atoms with Crippen LogP contribution in [-0.4, -0.2) is 64.9 Å². The van der Waals surface area contributed by atoms with Gasteiger partial charge in [-0.25, -0.2) is 19.6 Å². The maximum Gasteiger partial charge on any atom is 0.410 e. The molecule has 1 aromatic rings. The van der Waals surface area contributed by atoms with E-state index in [2.05, 4.69) is 27.1 Å². The number of rotatable bonds is 4. The Morgan fingerprint density at radius 2 is 1.97 bits per heavy atom. The summed E-state index contributed by atoms with van der Waals surface area (Å²) in [5, 5.41) is 18.1. The summed E-state index contributed by atoms with van der Waals surface area (Å²) in [6, 6.07) is 8.25. The number of hydrogen-bond acceptors (Lipinski definition) is 7. The molecule has 3 saturated heterocycles. The first-order chi connectivity index (χ1) is 16.1. The number of nitriles is 1. The van der Waals surface area contributed by atoms with E-state index in [9.17, 15) is 19.2 Å². The molecule has 3 N–H and O–H groups in total. The van der Waals surface area contributed by atoms with Crippen molar-refractivity contribution in [2.45, 2.75) is 69.8 Å². The topological polar surface area (TPSA) is 110 Å². The van der Waals surface area contributed by atoms with E-state index in [1.165, 1.54) is 12.1 Å². The average molecular weight is 473 g/mol. The predicted molar refractivity (Wildman–Crippen MR) is 124 cm³/mol. The highest BCUT2D eigenvalue weighted by Gasteiger charge is 2.55. The van der Waals surface area contributed by atoms with Crippen molar-refractivity contribution >= 4 is 17.7 Å². The second kappa shape index (κ2) is 9.39. The number of hydrogen-bond donors (Lipinski definition) is 3. The molecule has 10 heteroatoms. The van der Waals surface area contributed by atoms with E-state index in [0.29, 0.717) is 38.2 Å². The first-order valence-electron chi connectivity index (χ1n) is 11.8. The lowest BCUT2D eigenvalue weighted by atomic mass is 9.81. The number of piperidine rings is 2. The minimum atomic E-state index is -0.573. The lowest BCUT2D eigenvalue weighted by Crippen LogP contribution is -2.62. The Hall–Kier alpha value is -2.90. The molecule has 3 unspecified atom stereocenters. The molecule has 0 bridgehead atoms. The molecule has 1 aromatic carbocycles. The smallest absolute Gasteiger partial charge is 0.410 e. The first kappa shape index (κ1) is 24.2. The van der Waals surface area contributed by atoms with Crippen LogP contribution in [0, 0.1) is 23.1 Å². The lowest BCUT2D eigenvalue weighted by Gasteiger charge is -2.48. The third-order valence-electron chi connectivity index (χ3n) is 6.86. The van der Waals surface area contributed by atoms with Gasteiger partial charge < -0.3 is 20.3 Å². The fraction of sp³-hybridized carbons (Fsp3) is 0.625. The zero-order valence-electron chi connectivity index (χ0n) is 19.9. The lowest BCUT2D eigenvalue weighted by molar-refractivity contribution is -0.128. The molecule has 3 atom stereocenters. The standard InChI is InChI=1S/C24H33FN6O3/c1-23(2,3)34-22(33)30-14-10-24(9-12-26,11-15-30)31-18-8-13-27-21(32)19(18)20(29-31)28-17-6-4-16(25)5-7-17/h4-7,18-20,28-29H,8-11,13-15H2,1-3H3,(H,27,32). The third kappa shape index (κ3) is 4.95. The first-order valence-corrected chi connectivity index (χ1v) is 11.8. The maximum atomic E-state index is 13.4. The van der Waals surface area contributed by atoms with Crippen LogP contribution < -0.4 is 16.1 Å². The summed E-state index contributed by atoms with van der Waals surface area (Å²) in [5.41, 5.74) is 3.09. The van der Waals surface area contributed by atoms with Crippen LogP contribution in [0.15, 0.2) is 24.3 Å². The van der Waals surface area contributed by atoms with Gasteiger partial charge in [-0.1, -0.05) is 0 Å². The molecule has 0 aliphatic carbocycles. The summed E-state index contributed by atoms with van der Waals surface area (Å²) in [6.45, 7) is 7.01. The number of amides is 2. The fourth-order valence-electron chi connectivity index (χ4n) is 5.22. The van der Waals surface area contributed by atoms with Crippen molar-refractivity contribution < 1.29 is 18.7 Å². The van der Waals surface area contributed by atoms with Crippen molar-refractivity contribution in [1.82, 2.24) is 20.7 Å². The number of hydrazine groups is 1. The zero-order chi connectivity index (χ0) is 24.5. The minimum absolute atomic E-state index is 0.0517. The van der Waals surface area contributed by atoms with Gasteiger partial charge >= 0.3 is 6.09 Å². The molecule has 3 aliphatic rings. The van der Waals surface area contributed by atoms with E-state index in [-0.39, 0.29) is 36.2 Å². The van der Waals surface area contributed by atoms with Gasteiger partial charge in [-0.3, -0.25) is 4.79 Å². The van der Waals surface area contributed by atoms with Gasteiger partial charge in [0.1, 0.15) is 17.6 Å². The van der Waals surface area contributed by atoms with E-state index in [4.69, 9.17) is 4.74 Å². The largest absolute Gasteiger partial charge is 0.444 e. The molecular weight excluding hydrogens is 439 g/mol. The van der Waals surface area contributed by atoms with Gasteiger partial charge in [0.2, 0.25) is 5.91 Å². The summed E-state index contributed by atoms with van der Waals surface area (Å²) in [7, 11) is 0. The number of nitrogens with one attached hydrogen (secondary N) is 3. The highest BCUT2D eigenvalue weighted by Crippen LogP contribution is 2.40. The number of fused-ring (bicyclic) bond motifs is 1. The SMILES string of the molecule is CC(C)(C)OC(=O)N1CCC(CC#N)(N2NC(Nc3ccc(F)cc3)C3C(=O)NCCC32)CC1. The Labute approximate surface area is 199 Å². The molecule has 4 rings (SSSR count). The van der Waals surface area contributed by atoms with E-state index in [1.54, 1.807) is 17.0 Å². The number of benzene rings is 1. The van der Waals surface area contributed by atoms with Gasteiger partial charge in [0.05, 0.1) is 23.9 Å². The Kier molecular flexibility index (Phi) is 6.69. The second-order valence-corrected chi connectivity index (χ2v) is 10.3. The third-order valence-corrected chi connectivity index (χ3v) is 6.86. The molecule has 0 spiro atoms. The van der Waals surface area contributed by atoms with Crippen molar-refractivity contribution in [3.63, 3.8) is 0 Å². The Morgan fingerprint density at radius 3 is 2.59 bits per heavy atom. The number of carbonyl (C=O) groups excluding carboxylic acids is 2. The molecule has 34 heavy (non-hydrogen) atoms. The molecule has 3 aliphatic heterocycles. The van der Waals surface area contributed by atoms with Crippen LogP contribution >= 0.6 is 0 Å². The highest BCUT2D eigenvalue weighted by molar-refractivity contribution is 5.82. The summed E-state index contributed by atoms with van der Waals surface area (Å²) in [4.78, 5) is 27.1. The maximum absolute atomic E-state index is 13.4. The van der Waals surface area contributed by atoms with Gasteiger partial charge in [0.15, 0.2) is 0 Å². The highest BCUT2D eigenvalue weighted by atomic mass is 19.1. The van der Waals surface area contributed by atoms with Gasteiger partial charge in [0.25, 0.3) is 0 Å². The van der Waals surface area contributed by atoms with Gasteiger partial charge in [-0.15, -0.1) is 0 Å². The monoisotopic (exact) mass is 472 g/mol. The number of ether oxygens (including phenoxy) is 1. The number of likely N-dealkylation sites (tertiary alicyclic amines) is 1. The molecule has 0 radical (unpaired) electrons. The Morgan fingerprint density at radius 1 is 1.29 bits per heavy atom. The molecule has 2 amide bonds. The van der Waals surface area contributed by atoms with Crippen molar-refractivity contribution in [2.24, 2.45) is 5.92 Å². The van der Waals surface area contributed by atoms with E-state index < -0.39 is 17.3 Å². The quantitative estimate of drug-likeness (QED) is 0.618. The van der Waals surface area contributed by atoms with Crippen LogP contribution in [0.3, 0.4) is 0 Å². The van der Waals surface area contributed by atoms with Crippen LogP contribution in [0.5, 0.6) is 0 Å². The van der Waals surface area contributed by atoms with Crippen LogP contribution in [0.25, 0.3) is 0 Å². The summed E-state index contributed by atoms with van der Waals surface area (Å²) in [5.74, 6) is -0.757. The van der Waals surface area contributed by atoms with Crippen molar-refractivity contribution in [1.29, 1.82) is 5.26 Å². The van der Waals surface area contributed by atoms with E-state index >= 15 is 0 Å². The van der Waals surface area contributed by atoms with Gasteiger partial charge in [-0.2, -0.15) is 5.26 Å².